The average molecular weight is 343 g/mol. The number of nitrogen functional groups attached to an aromatic ring is 1. The molecule has 0 atom stereocenters. The van der Waals surface area contributed by atoms with Crippen molar-refractivity contribution in [3.63, 3.8) is 0 Å². The van der Waals surface area contributed by atoms with Crippen molar-refractivity contribution in [1.82, 2.24) is 15.0 Å². The van der Waals surface area contributed by atoms with E-state index in [0.29, 0.717) is 17.2 Å². The Kier molecular flexibility index (Phi) is 3.78. The molecule has 0 radical (unpaired) electrons. The van der Waals surface area contributed by atoms with Gasteiger partial charge in [-0.25, -0.2) is 20.2 Å². The smallest absolute Gasteiger partial charge is 0.428 e. The van der Waals surface area contributed by atoms with Gasteiger partial charge >= 0.3 is 6.18 Å². The number of alkyl halides is 3. The highest BCUT2D eigenvalue weighted by Gasteiger charge is 2.66. The van der Waals surface area contributed by atoms with Crippen LogP contribution >= 0.6 is 0 Å². The SMILES string of the molecule is Cc1nc(NN)cnc1-c1cnc(OC2(C(F)(F)F)CC2)c(F)c1. The molecule has 24 heavy (non-hydrogen) atoms. The van der Waals surface area contributed by atoms with Crippen LogP contribution in [0.1, 0.15) is 18.5 Å². The number of rotatable bonds is 4. The minimum Gasteiger partial charge on any atom is -0.459 e. The van der Waals surface area contributed by atoms with E-state index >= 15 is 0 Å². The van der Waals surface area contributed by atoms with E-state index in [2.05, 4.69) is 20.4 Å². The van der Waals surface area contributed by atoms with Gasteiger partial charge in [-0.2, -0.15) is 13.2 Å². The summed E-state index contributed by atoms with van der Waals surface area (Å²) in [5.74, 6) is 3.87. The molecular weight excluding hydrogens is 330 g/mol. The lowest BCUT2D eigenvalue weighted by Gasteiger charge is -2.20. The van der Waals surface area contributed by atoms with Gasteiger partial charge in [-0.1, -0.05) is 0 Å². The molecule has 0 saturated heterocycles. The van der Waals surface area contributed by atoms with E-state index in [9.17, 15) is 17.6 Å². The number of nitrogens with zero attached hydrogens (tertiary/aromatic N) is 3. The van der Waals surface area contributed by atoms with E-state index in [4.69, 9.17) is 10.6 Å². The minimum absolute atomic E-state index is 0.211. The molecule has 2 aromatic rings. The Hall–Kier alpha value is -2.49. The monoisotopic (exact) mass is 343 g/mol. The summed E-state index contributed by atoms with van der Waals surface area (Å²) >= 11 is 0. The molecule has 3 N–H and O–H groups in total. The Morgan fingerprint density at radius 3 is 2.46 bits per heavy atom. The molecule has 0 spiro atoms. The van der Waals surface area contributed by atoms with Crippen LogP contribution in [0.2, 0.25) is 0 Å². The van der Waals surface area contributed by atoms with Crippen LogP contribution in [-0.2, 0) is 0 Å². The van der Waals surface area contributed by atoms with Crippen molar-refractivity contribution in [3.05, 3.63) is 30.0 Å². The summed E-state index contributed by atoms with van der Waals surface area (Å²) in [5.41, 5.74) is 1.06. The highest BCUT2D eigenvalue weighted by molar-refractivity contribution is 5.61. The Labute approximate surface area is 134 Å². The van der Waals surface area contributed by atoms with E-state index < -0.39 is 23.5 Å². The van der Waals surface area contributed by atoms with E-state index in [1.165, 1.54) is 12.4 Å². The van der Waals surface area contributed by atoms with Crippen molar-refractivity contribution in [2.24, 2.45) is 5.84 Å². The highest BCUT2D eigenvalue weighted by atomic mass is 19.4. The van der Waals surface area contributed by atoms with Crippen molar-refractivity contribution in [2.75, 3.05) is 5.43 Å². The minimum atomic E-state index is -4.56. The Bertz CT molecular complexity index is 776. The maximum absolute atomic E-state index is 14.1. The Morgan fingerprint density at radius 1 is 1.25 bits per heavy atom. The van der Waals surface area contributed by atoms with Crippen LogP contribution in [0.4, 0.5) is 23.4 Å². The second-order valence-corrected chi connectivity index (χ2v) is 5.44. The number of anilines is 1. The topological polar surface area (TPSA) is 86.0 Å². The second kappa shape index (κ2) is 5.55. The van der Waals surface area contributed by atoms with Crippen molar-refractivity contribution in [2.45, 2.75) is 31.5 Å². The number of nitrogens with one attached hydrogen (secondary N) is 1. The largest absolute Gasteiger partial charge is 0.459 e. The normalized spacial score (nSPS) is 15.9. The summed E-state index contributed by atoms with van der Waals surface area (Å²) in [5, 5.41) is 0. The van der Waals surface area contributed by atoms with Gasteiger partial charge in [0.2, 0.25) is 5.60 Å². The molecule has 1 aliphatic rings. The molecule has 0 unspecified atom stereocenters. The molecule has 10 heteroatoms. The maximum Gasteiger partial charge on any atom is 0.428 e. The number of pyridine rings is 1. The van der Waals surface area contributed by atoms with Gasteiger partial charge in [0.05, 0.1) is 17.6 Å². The molecule has 1 aliphatic carbocycles. The standard InChI is InChI=1S/C14H13F4N5O/c1-7-11(20-6-10(22-7)23-19)8-4-9(15)12(21-5-8)24-13(2-3-13)14(16,17)18/h4-6H,2-3,19H2,1H3,(H,22,23). The molecule has 0 bridgehead atoms. The molecule has 0 aromatic carbocycles. The third-order valence-corrected chi connectivity index (χ3v) is 3.69. The molecule has 128 valence electrons. The van der Waals surface area contributed by atoms with Gasteiger partial charge in [0, 0.05) is 24.6 Å². The van der Waals surface area contributed by atoms with E-state index in [1.807, 2.05) is 0 Å². The predicted molar refractivity (Wildman–Crippen MR) is 76.4 cm³/mol. The summed E-state index contributed by atoms with van der Waals surface area (Å²) in [6.07, 6.45) is -2.45. The molecule has 0 amide bonds. The first-order chi connectivity index (χ1) is 11.3. The van der Waals surface area contributed by atoms with Crippen LogP contribution in [0.5, 0.6) is 5.88 Å². The van der Waals surface area contributed by atoms with Gasteiger partial charge in [0.25, 0.3) is 5.88 Å². The first-order valence-corrected chi connectivity index (χ1v) is 6.98. The van der Waals surface area contributed by atoms with Crippen molar-refractivity contribution in [1.29, 1.82) is 0 Å². The molecule has 0 aliphatic heterocycles. The van der Waals surface area contributed by atoms with Gasteiger partial charge in [-0.3, -0.25) is 4.98 Å². The average Bonchev–Trinajstić information content (AvgIpc) is 3.30. The lowest BCUT2D eigenvalue weighted by molar-refractivity contribution is -0.209. The molecule has 6 nitrogen and oxygen atoms in total. The first kappa shape index (κ1) is 16.4. The van der Waals surface area contributed by atoms with Gasteiger partial charge < -0.3 is 10.2 Å². The summed E-state index contributed by atoms with van der Waals surface area (Å²) in [6, 6.07) is 1.02. The fourth-order valence-electron chi connectivity index (χ4n) is 2.21. The van der Waals surface area contributed by atoms with Crippen molar-refractivity contribution < 1.29 is 22.3 Å². The Morgan fingerprint density at radius 2 is 1.96 bits per heavy atom. The van der Waals surface area contributed by atoms with Crippen LogP contribution in [0.15, 0.2) is 18.5 Å². The highest BCUT2D eigenvalue weighted by Crippen LogP contribution is 2.52. The quantitative estimate of drug-likeness (QED) is 0.504. The van der Waals surface area contributed by atoms with Crippen LogP contribution in [0.25, 0.3) is 11.3 Å². The van der Waals surface area contributed by atoms with Crippen LogP contribution in [-0.4, -0.2) is 26.7 Å². The molecule has 1 fully saturated rings. The van der Waals surface area contributed by atoms with E-state index in [-0.39, 0.29) is 18.4 Å². The zero-order valence-corrected chi connectivity index (χ0v) is 12.5. The maximum atomic E-state index is 14.1. The summed E-state index contributed by atoms with van der Waals surface area (Å²) in [6.45, 7) is 1.63. The Balaban J connectivity index is 1.88. The summed E-state index contributed by atoms with van der Waals surface area (Å²) in [7, 11) is 0. The number of ether oxygens (including phenoxy) is 1. The number of nitrogens with two attached hydrogens (primary N) is 1. The summed E-state index contributed by atoms with van der Waals surface area (Å²) < 4.78 is 57.5. The number of hydrogen-bond acceptors (Lipinski definition) is 6. The number of halogens is 4. The van der Waals surface area contributed by atoms with Crippen LogP contribution in [0, 0.1) is 12.7 Å². The lowest BCUT2D eigenvalue weighted by atomic mass is 10.1. The lowest BCUT2D eigenvalue weighted by Crippen LogP contribution is -2.37. The molecule has 1 saturated carbocycles. The molecule has 2 heterocycles. The van der Waals surface area contributed by atoms with Gasteiger partial charge in [0.1, 0.15) is 0 Å². The van der Waals surface area contributed by atoms with Crippen molar-refractivity contribution >= 4 is 5.82 Å². The van der Waals surface area contributed by atoms with Crippen molar-refractivity contribution in [3.8, 4) is 17.1 Å². The van der Waals surface area contributed by atoms with Crippen LogP contribution < -0.4 is 16.0 Å². The first-order valence-electron chi connectivity index (χ1n) is 6.98. The third-order valence-electron chi connectivity index (χ3n) is 3.69. The fraction of sp³-hybridized carbons (Fsp3) is 0.357. The molecular formula is C14H13F4N5O. The van der Waals surface area contributed by atoms with E-state index in [1.54, 1.807) is 6.92 Å². The fourth-order valence-corrected chi connectivity index (χ4v) is 2.21. The van der Waals surface area contributed by atoms with E-state index in [0.717, 1.165) is 6.07 Å². The second-order valence-electron chi connectivity index (χ2n) is 5.44. The number of aromatic nitrogens is 3. The number of hydrogen-bond donors (Lipinski definition) is 2. The number of aryl methyl sites for hydroxylation is 1. The number of hydrazine groups is 1. The molecule has 2 aromatic heterocycles. The third kappa shape index (κ3) is 2.84. The van der Waals surface area contributed by atoms with Gasteiger partial charge in [-0.15, -0.1) is 0 Å². The zero-order valence-electron chi connectivity index (χ0n) is 12.5. The predicted octanol–water partition coefficient (Wildman–Crippen LogP) is 2.75. The van der Waals surface area contributed by atoms with Gasteiger partial charge in [0.15, 0.2) is 11.6 Å². The zero-order chi connectivity index (χ0) is 17.5. The summed E-state index contributed by atoms with van der Waals surface area (Å²) in [4.78, 5) is 11.8. The van der Waals surface area contributed by atoms with Gasteiger partial charge in [-0.05, 0) is 13.0 Å². The molecule has 3 rings (SSSR count). The van der Waals surface area contributed by atoms with Crippen LogP contribution in [0.3, 0.4) is 0 Å².